The molecule has 0 bridgehead atoms. The number of carbonyl (C=O) groups is 1. The summed E-state index contributed by atoms with van der Waals surface area (Å²) >= 11 is 5.88. The van der Waals surface area contributed by atoms with Gasteiger partial charge < -0.3 is 9.80 Å². The average molecular weight is 269 g/mol. The van der Waals surface area contributed by atoms with E-state index in [0.29, 0.717) is 0 Å². The van der Waals surface area contributed by atoms with Gasteiger partial charge in [-0.2, -0.15) is 0 Å². The zero-order chi connectivity index (χ0) is 13.1. The lowest BCUT2D eigenvalue weighted by Gasteiger charge is -2.22. The summed E-state index contributed by atoms with van der Waals surface area (Å²) in [5.41, 5.74) is 0.859. The van der Waals surface area contributed by atoms with Crippen molar-refractivity contribution in [2.75, 3.05) is 31.1 Å². The number of aromatic nitrogens is 2. The van der Waals surface area contributed by atoms with Gasteiger partial charge in [-0.25, -0.2) is 9.97 Å². The fourth-order valence-electron chi connectivity index (χ4n) is 2.14. The Morgan fingerprint density at radius 1 is 1.28 bits per heavy atom. The number of halogens is 1. The van der Waals surface area contributed by atoms with Crippen molar-refractivity contribution in [3.05, 3.63) is 17.0 Å². The van der Waals surface area contributed by atoms with Crippen LogP contribution in [0.2, 0.25) is 5.28 Å². The summed E-state index contributed by atoms with van der Waals surface area (Å²) in [7, 11) is 0. The molecule has 1 amide bonds. The lowest BCUT2D eigenvalue weighted by atomic mass is 10.3. The quantitative estimate of drug-likeness (QED) is 0.725. The fraction of sp³-hybridized carbons (Fsp3) is 0.583. The number of carbonyl (C=O) groups excluding carboxylic acids is 1. The van der Waals surface area contributed by atoms with Crippen LogP contribution in [-0.4, -0.2) is 47.0 Å². The van der Waals surface area contributed by atoms with Crippen LogP contribution >= 0.6 is 11.6 Å². The maximum Gasteiger partial charge on any atom is 0.224 e. The highest BCUT2D eigenvalue weighted by molar-refractivity contribution is 6.28. The van der Waals surface area contributed by atoms with Gasteiger partial charge in [-0.1, -0.05) is 0 Å². The normalized spacial score (nSPS) is 16.6. The Hall–Kier alpha value is -1.36. The molecule has 0 N–H and O–H groups in total. The van der Waals surface area contributed by atoms with Crippen molar-refractivity contribution in [3.63, 3.8) is 0 Å². The predicted molar refractivity (Wildman–Crippen MR) is 70.9 cm³/mol. The summed E-state index contributed by atoms with van der Waals surface area (Å²) in [5, 5.41) is 0.276. The predicted octanol–water partition coefficient (Wildman–Crippen LogP) is 1.50. The topological polar surface area (TPSA) is 49.3 Å². The van der Waals surface area contributed by atoms with Gasteiger partial charge in [0.25, 0.3) is 0 Å². The van der Waals surface area contributed by atoms with Crippen molar-refractivity contribution in [1.82, 2.24) is 14.9 Å². The Morgan fingerprint density at radius 3 is 2.72 bits per heavy atom. The molecular formula is C12H17ClN4O. The number of nitrogens with zero attached hydrogens (tertiary/aromatic N) is 4. The molecule has 0 aliphatic carbocycles. The van der Waals surface area contributed by atoms with E-state index in [-0.39, 0.29) is 11.2 Å². The van der Waals surface area contributed by atoms with Gasteiger partial charge in [0, 0.05) is 44.9 Å². The molecule has 0 spiro atoms. The summed E-state index contributed by atoms with van der Waals surface area (Å²) in [6.07, 6.45) is 0.945. The third-order valence-electron chi connectivity index (χ3n) is 3.08. The van der Waals surface area contributed by atoms with Gasteiger partial charge in [0.2, 0.25) is 11.2 Å². The number of hydrogen-bond donors (Lipinski definition) is 0. The van der Waals surface area contributed by atoms with Crippen LogP contribution in [0.4, 0.5) is 5.82 Å². The fourth-order valence-corrected chi connectivity index (χ4v) is 2.36. The highest BCUT2D eigenvalue weighted by Crippen LogP contribution is 2.17. The maximum atomic E-state index is 11.4. The molecule has 98 valence electrons. The number of rotatable bonds is 1. The SMILES string of the molecule is CC(=O)N1CCCN(c2cc(C)nc(Cl)n2)CC1. The summed E-state index contributed by atoms with van der Waals surface area (Å²) < 4.78 is 0. The van der Waals surface area contributed by atoms with Crippen LogP contribution in [0.5, 0.6) is 0 Å². The van der Waals surface area contributed by atoms with Gasteiger partial charge >= 0.3 is 0 Å². The van der Waals surface area contributed by atoms with Crippen molar-refractivity contribution in [1.29, 1.82) is 0 Å². The van der Waals surface area contributed by atoms with Crippen LogP contribution in [0.3, 0.4) is 0 Å². The van der Waals surface area contributed by atoms with Gasteiger partial charge in [0.05, 0.1) is 0 Å². The standard InChI is InChI=1S/C12H17ClN4O/c1-9-8-11(15-12(13)14-9)17-5-3-4-16(6-7-17)10(2)18/h8H,3-7H2,1-2H3. The molecule has 1 aliphatic rings. The molecule has 6 heteroatoms. The van der Waals surface area contributed by atoms with E-state index in [1.165, 1.54) is 0 Å². The third kappa shape index (κ3) is 3.10. The zero-order valence-corrected chi connectivity index (χ0v) is 11.4. The van der Waals surface area contributed by atoms with Crippen LogP contribution in [0.15, 0.2) is 6.07 Å². The maximum absolute atomic E-state index is 11.4. The van der Waals surface area contributed by atoms with Crippen molar-refractivity contribution in [2.24, 2.45) is 0 Å². The molecule has 1 fully saturated rings. The van der Waals surface area contributed by atoms with Gasteiger partial charge in [0.1, 0.15) is 5.82 Å². The summed E-state index contributed by atoms with van der Waals surface area (Å²) in [4.78, 5) is 23.7. The van der Waals surface area contributed by atoms with E-state index in [9.17, 15) is 4.79 Å². The van der Waals surface area contributed by atoms with Crippen LogP contribution in [0.1, 0.15) is 19.0 Å². The number of aryl methyl sites for hydroxylation is 1. The summed E-state index contributed by atoms with van der Waals surface area (Å²) in [6, 6.07) is 1.93. The van der Waals surface area contributed by atoms with Crippen molar-refractivity contribution in [3.8, 4) is 0 Å². The van der Waals surface area contributed by atoms with E-state index in [1.54, 1.807) is 6.92 Å². The first-order chi connectivity index (χ1) is 8.56. The second kappa shape index (κ2) is 5.52. The number of amides is 1. The Bertz CT molecular complexity index is 431. The first-order valence-electron chi connectivity index (χ1n) is 6.08. The van der Waals surface area contributed by atoms with Gasteiger partial charge in [-0.3, -0.25) is 4.79 Å². The molecule has 1 aliphatic heterocycles. The van der Waals surface area contributed by atoms with E-state index in [0.717, 1.165) is 44.1 Å². The molecule has 2 heterocycles. The van der Waals surface area contributed by atoms with Gasteiger partial charge in [0.15, 0.2) is 0 Å². The Kier molecular flexibility index (Phi) is 4.01. The van der Waals surface area contributed by atoms with E-state index in [4.69, 9.17) is 11.6 Å². The molecular weight excluding hydrogens is 252 g/mol. The third-order valence-corrected chi connectivity index (χ3v) is 3.25. The first kappa shape index (κ1) is 13.1. The monoisotopic (exact) mass is 268 g/mol. The number of anilines is 1. The van der Waals surface area contributed by atoms with E-state index < -0.39 is 0 Å². The molecule has 1 aromatic heterocycles. The van der Waals surface area contributed by atoms with Crippen molar-refractivity contribution >= 4 is 23.3 Å². The van der Waals surface area contributed by atoms with E-state index >= 15 is 0 Å². The second-order valence-corrected chi connectivity index (χ2v) is 4.82. The van der Waals surface area contributed by atoms with E-state index in [2.05, 4.69) is 14.9 Å². The van der Waals surface area contributed by atoms with Gasteiger partial charge in [-0.15, -0.1) is 0 Å². The largest absolute Gasteiger partial charge is 0.355 e. The summed E-state index contributed by atoms with van der Waals surface area (Å²) in [6.45, 7) is 6.72. The Labute approximate surface area is 112 Å². The minimum atomic E-state index is 0.133. The van der Waals surface area contributed by atoms with Crippen molar-refractivity contribution < 1.29 is 4.79 Å². The lowest BCUT2D eigenvalue weighted by molar-refractivity contribution is -0.128. The molecule has 1 aromatic rings. The van der Waals surface area contributed by atoms with Crippen LogP contribution in [0.25, 0.3) is 0 Å². The Morgan fingerprint density at radius 2 is 2.06 bits per heavy atom. The Balaban J connectivity index is 2.12. The molecule has 2 rings (SSSR count). The van der Waals surface area contributed by atoms with Crippen LogP contribution in [0, 0.1) is 6.92 Å². The number of hydrogen-bond acceptors (Lipinski definition) is 4. The molecule has 0 atom stereocenters. The minimum absolute atomic E-state index is 0.133. The summed E-state index contributed by atoms with van der Waals surface area (Å²) in [5.74, 6) is 0.978. The smallest absolute Gasteiger partial charge is 0.224 e. The molecule has 1 saturated heterocycles. The average Bonchev–Trinajstić information content (AvgIpc) is 2.52. The first-order valence-corrected chi connectivity index (χ1v) is 6.45. The molecule has 0 saturated carbocycles. The highest BCUT2D eigenvalue weighted by Gasteiger charge is 2.18. The minimum Gasteiger partial charge on any atom is -0.355 e. The molecule has 0 radical (unpaired) electrons. The van der Waals surface area contributed by atoms with Crippen LogP contribution < -0.4 is 4.90 Å². The van der Waals surface area contributed by atoms with E-state index in [1.807, 2.05) is 17.9 Å². The van der Waals surface area contributed by atoms with Crippen LogP contribution in [-0.2, 0) is 4.79 Å². The molecule has 0 unspecified atom stereocenters. The van der Waals surface area contributed by atoms with Crippen molar-refractivity contribution in [2.45, 2.75) is 20.3 Å². The molecule has 18 heavy (non-hydrogen) atoms. The lowest BCUT2D eigenvalue weighted by Crippen LogP contribution is -2.33. The molecule has 0 aromatic carbocycles. The highest BCUT2D eigenvalue weighted by atomic mass is 35.5. The second-order valence-electron chi connectivity index (χ2n) is 4.48. The zero-order valence-electron chi connectivity index (χ0n) is 10.7. The van der Waals surface area contributed by atoms with Gasteiger partial charge in [-0.05, 0) is 24.9 Å². The molecule has 5 nitrogen and oxygen atoms in total.